The summed E-state index contributed by atoms with van der Waals surface area (Å²) < 4.78 is 6.72. The van der Waals surface area contributed by atoms with Gasteiger partial charge in [0.2, 0.25) is 0 Å². The van der Waals surface area contributed by atoms with E-state index in [4.69, 9.17) is 4.74 Å². The minimum Gasteiger partial charge on any atom is -0.492 e. The molecule has 140 valence electrons. The molecule has 1 heterocycles. The SMILES string of the molecule is O=C1S/C(=C\c2ccc(Br)cc2)C(=O)N1CCOc1ccc2ccccc2c1. The normalized spacial score (nSPS) is 15.6. The van der Waals surface area contributed by atoms with Crippen LogP contribution >= 0.6 is 27.7 Å². The van der Waals surface area contributed by atoms with Crippen LogP contribution in [-0.4, -0.2) is 29.2 Å². The van der Waals surface area contributed by atoms with E-state index in [-0.39, 0.29) is 24.3 Å². The molecule has 0 radical (unpaired) electrons. The maximum absolute atomic E-state index is 12.6. The van der Waals surface area contributed by atoms with Crippen LogP contribution in [0.2, 0.25) is 0 Å². The minimum atomic E-state index is -0.278. The van der Waals surface area contributed by atoms with Gasteiger partial charge in [-0.2, -0.15) is 0 Å². The molecule has 1 aliphatic rings. The molecule has 4 rings (SSSR count). The number of halogens is 1. The largest absolute Gasteiger partial charge is 0.492 e. The summed E-state index contributed by atoms with van der Waals surface area (Å²) in [5, 5.41) is 1.96. The van der Waals surface area contributed by atoms with Gasteiger partial charge >= 0.3 is 0 Å². The monoisotopic (exact) mass is 453 g/mol. The number of fused-ring (bicyclic) bond motifs is 1. The van der Waals surface area contributed by atoms with Crippen molar-refractivity contribution in [3.63, 3.8) is 0 Å². The van der Waals surface area contributed by atoms with Gasteiger partial charge in [-0.1, -0.05) is 58.4 Å². The summed E-state index contributed by atoms with van der Waals surface area (Å²) in [7, 11) is 0. The van der Waals surface area contributed by atoms with Crippen molar-refractivity contribution >= 4 is 55.7 Å². The molecule has 0 spiro atoms. The summed E-state index contributed by atoms with van der Waals surface area (Å²) in [6.07, 6.45) is 1.74. The fraction of sp³-hybridized carbons (Fsp3) is 0.0909. The highest BCUT2D eigenvalue weighted by atomic mass is 79.9. The van der Waals surface area contributed by atoms with Crippen LogP contribution in [0.5, 0.6) is 5.75 Å². The molecule has 3 aromatic rings. The van der Waals surface area contributed by atoms with Crippen molar-refractivity contribution in [1.29, 1.82) is 0 Å². The minimum absolute atomic E-state index is 0.217. The molecule has 1 fully saturated rings. The van der Waals surface area contributed by atoms with Crippen LogP contribution in [0, 0.1) is 0 Å². The molecule has 0 saturated carbocycles. The topological polar surface area (TPSA) is 46.6 Å². The van der Waals surface area contributed by atoms with Gasteiger partial charge in [0.15, 0.2) is 0 Å². The summed E-state index contributed by atoms with van der Waals surface area (Å²) in [5.41, 5.74) is 0.876. The predicted octanol–water partition coefficient (Wildman–Crippen LogP) is 5.72. The maximum Gasteiger partial charge on any atom is 0.293 e. The van der Waals surface area contributed by atoms with Crippen molar-refractivity contribution in [2.75, 3.05) is 13.2 Å². The molecule has 6 heteroatoms. The van der Waals surface area contributed by atoms with E-state index in [0.29, 0.717) is 4.91 Å². The van der Waals surface area contributed by atoms with Crippen LogP contribution in [-0.2, 0) is 4.79 Å². The lowest BCUT2D eigenvalue weighted by atomic mass is 10.1. The van der Waals surface area contributed by atoms with Gasteiger partial charge in [-0.15, -0.1) is 0 Å². The lowest BCUT2D eigenvalue weighted by Gasteiger charge is -2.13. The van der Waals surface area contributed by atoms with Crippen molar-refractivity contribution in [3.8, 4) is 5.75 Å². The molecule has 0 bridgehead atoms. The molecule has 1 aliphatic heterocycles. The van der Waals surface area contributed by atoms with Gasteiger partial charge in [0.05, 0.1) is 11.4 Å². The second-order valence-corrected chi connectivity index (χ2v) is 8.15. The van der Waals surface area contributed by atoms with E-state index >= 15 is 0 Å². The van der Waals surface area contributed by atoms with Gasteiger partial charge in [0, 0.05) is 4.47 Å². The second-order valence-electron chi connectivity index (χ2n) is 6.24. The summed E-state index contributed by atoms with van der Waals surface area (Å²) in [5.74, 6) is 0.441. The Balaban J connectivity index is 1.39. The standard InChI is InChI=1S/C22H16BrNO3S/c23-18-8-5-15(6-9-18)13-20-21(25)24(22(26)28-20)11-12-27-19-10-7-16-3-1-2-4-17(16)14-19/h1-10,13-14H,11-12H2/b20-13-. The first-order valence-corrected chi connectivity index (χ1v) is 10.3. The number of thioether (sulfide) groups is 1. The van der Waals surface area contributed by atoms with E-state index in [2.05, 4.69) is 15.9 Å². The van der Waals surface area contributed by atoms with Crippen LogP contribution in [0.3, 0.4) is 0 Å². The van der Waals surface area contributed by atoms with Gasteiger partial charge in [-0.05, 0) is 58.4 Å². The summed E-state index contributed by atoms with van der Waals surface area (Å²) in [4.78, 5) is 26.4. The molecule has 2 amide bonds. The van der Waals surface area contributed by atoms with Gasteiger partial charge in [0.1, 0.15) is 12.4 Å². The average molecular weight is 454 g/mol. The van der Waals surface area contributed by atoms with E-state index in [1.54, 1.807) is 6.08 Å². The number of amides is 2. The van der Waals surface area contributed by atoms with E-state index in [0.717, 1.165) is 38.3 Å². The lowest BCUT2D eigenvalue weighted by Crippen LogP contribution is -2.32. The average Bonchev–Trinajstić information content (AvgIpc) is 2.97. The Morgan fingerprint density at radius 1 is 0.964 bits per heavy atom. The number of hydrogen-bond donors (Lipinski definition) is 0. The van der Waals surface area contributed by atoms with Crippen molar-refractivity contribution in [1.82, 2.24) is 4.90 Å². The second kappa shape index (κ2) is 8.20. The smallest absolute Gasteiger partial charge is 0.293 e. The number of ether oxygens (including phenoxy) is 1. The highest BCUT2D eigenvalue weighted by Gasteiger charge is 2.34. The summed E-state index contributed by atoms with van der Waals surface area (Å²) >= 11 is 4.34. The van der Waals surface area contributed by atoms with E-state index < -0.39 is 0 Å². The highest BCUT2D eigenvalue weighted by molar-refractivity contribution is 9.10. The number of nitrogens with zero attached hydrogens (tertiary/aromatic N) is 1. The third-order valence-electron chi connectivity index (χ3n) is 4.35. The highest BCUT2D eigenvalue weighted by Crippen LogP contribution is 2.32. The Morgan fingerprint density at radius 3 is 2.50 bits per heavy atom. The lowest BCUT2D eigenvalue weighted by molar-refractivity contribution is -0.123. The third-order valence-corrected chi connectivity index (χ3v) is 5.78. The van der Waals surface area contributed by atoms with E-state index in [1.165, 1.54) is 4.90 Å². The first-order valence-electron chi connectivity index (χ1n) is 8.73. The first kappa shape index (κ1) is 18.8. The molecule has 4 nitrogen and oxygen atoms in total. The summed E-state index contributed by atoms with van der Waals surface area (Å²) in [6, 6.07) is 21.4. The van der Waals surface area contributed by atoms with Crippen molar-refractivity contribution in [2.45, 2.75) is 0 Å². The number of hydrogen-bond acceptors (Lipinski definition) is 4. The van der Waals surface area contributed by atoms with Crippen LogP contribution < -0.4 is 4.74 Å². The van der Waals surface area contributed by atoms with Gasteiger partial charge in [0.25, 0.3) is 11.1 Å². The van der Waals surface area contributed by atoms with Gasteiger partial charge in [-0.25, -0.2) is 0 Å². The molecular formula is C22H16BrNO3S. The van der Waals surface area contributed by atoms with Crippen LogP contribution in [0.15, 0.2) is 76.1 Å². The summed E-state index contributed by atoms with van der Waals surface area (Å²) in [6.45, 7) is 0.469. The number of benzene rings is 3. The van der Waals surface area contributed by atoms with Crippen LogP contribution in [0.4, 0.5) is 4.79 Å². The van der Waals surface area contributed by atoms with Crippen molar-refractivity contribution in [2.24, 2.45) is 0 Å². The van der Waals surface area contributed by atoms with Crippen molar-refractivity contribution in [3.05, 3.63) is 81.7 Å². The zero-order chi connectivity index (χ0) is 19.5. The molecule has 0 aliphatic carbocycles. The Kier molecular flexibility index (Phi) is 5.50. The third kappa shape index (κ3) is 4.13. The van der Waals surface area contributed by atoms with Crippen LogP contribution in [0.1, 0.15) is 5.56 Å². The van der Waals surface area contributed by atoms with E-state index in [1.807, 2.05) is 66.7 Å². The fourth-order valence-corrected chi connectivity index (χ4v) is 4.04. The molecule has 0 unspecified atom stereocenters. The Labute approximate surface area is 175 Å². The van der Waals surface area contributed by atoms with Gasteiger partial charge < -0.3 is 4.74 Å². The quantitative estimate of drug-likeness (QED) is 0.463. The fourth-order valence-electron chi connectivity index (χ4n) is 2.92. The van der Waals surface area contributed by atoms with E-state index in [9.17, 15) is 9.59 Å². The molecule has 0 aromatic heterocycles. The Hall–Kier alpha value is -2.57. The number of rotatable bonds is 5. The van der Waals surface area contributed by atoms with Crippen molar-refractivity contribution < 1.29 is 14.3 Å². The molecular weight excluding hydrogens is 438 g/mol. The zero-order valence-electron chi connectivity index (χ0n) is 14.8. The molecule has 0 atom stereocenters. The predicted molar refractivity (Wildman–Crippen MR) is 116 cm³/mol. The Bertz CT molecular complexity index is 1080. The Morgan fingerprint density at radius 2 is 1.71 bits per heavy atom. The maximum atomic E-state index is 12.6. The first-order chi connectivity index (χ1) is 13.6. The zero-order valence-corrected chi connectivity index (χ0v) is 17.2. The van der Waals surface area contributed by atoms with Gasteiger partial charge in [-0.3, -0.25) is 14.5 Å². The molecule has 3 aromatic carbocycles. The molecule has 0 N–H and O–H groups in total. The van der Waals surface area contributed by atoms with Crippen LogP contribution in [0.25, 0.3) is 16.8 Å². The molecule has 1 saturated heterocycles. The number of carbonyl (C=O) groups excluding carboxylic acids is 2. The number of carbonyl (C=O) groups is 2. The number of imide groups is 1. The molecule has 28 heavy (non-hydrogen) atoms.